The van der Waals surface area contributed by atoms with Crippen LogP contribution in [-0.4, -0.2) is 29.1 Å². The minimum atomic E-state index is -0.620. The molecule has 3 aliphatic rings. The highest BCUT2D eigenvalue weighted by Crippen LogP contribution is 2.47. The zero-order chi connectivity index (χ0) is 13.9. The van der Waals surface area contributed by atoms with Crippen LogP contribution in [0.15, 0.2) is 22.8 Å². The first-order valence-corrected chi connectivity index (χ1v) is 6.72. The first kappa shape index (κ1) is 12.6. The Labute approximate surface area is 112 Å². The van der Waals surface area contributed by atoms with Crippen LogP contribution in [0, 0.1) is 17.8 Å². The Bertz CT molecular complexity index is 528. The molecule has 0 aromatic heterocycles. The number of allylic oxidation sites excluding steroid dienone is 1. The molecule has 1 fully saturated rings. The summed E-state index contributed by atoms with van der Waals surface area (Å²) in [5.74, 6) is -0.957. The Morgan fingerprint density at radius 1 is 1.32 bits per heavy atom. The van der Waals surface area contributed by atoms with Crippen molar-refractivity contribution in [1.82, 2.24) is 0 Å². The molecule has 0 amide bonds. The standard InChI is InChI=1S/C15H18O4/c1-6-4-10(17)13-8(3)15(18)19-14(13)12-7(2)5-9(16)11(6)12/h5,8,10,12-14,17H,4H2,1-3H3/t8-,10-,12+,13+,14+/m0/s1. The van der Waals surface area contributed by atoms with Gasteiger partial charge in [-0.15, -0.1) is 0 Å². The highest BCUT2D eigenvalue weighted by atomic mass is 16.6. The number of aliphatic hydroxyl groups is 1. The lowest BCUT2D eigenvalue weighted by Gasteiger charge is -2.26. The van der Waals surface area contributed by atoms with E-state index in [0.717, 1.165) is 16.7 Å². The van der Waals surface area contributed by atoms with Crippen molar-refractivity contribution in [3.05, 3.63) is 22.8 Å². The second kappa shape index (κ2) is 4.04. The Kier molecular flexibility index (Phi) is 2.68. The van der Waals surface area contributed by atoms with E-state index in [4.69, 9.17) is 4.74 Å². The summed E-state index contributed by atoms with van der Waals surface area (Å²) >= 11 is 0. The van der Waals surface area contributed by atoms with Gasteiger partial charge in [0.25, 0.3) is 0 Å². The van der Waals surface area contributed by atoms with Crippen molar-refractivity contribution < 1.29 is 19.4 Å². The van der Waals surface area contributed by atoms with Gasteiger partial charge in [-0.1, -0.05) is 18.1 Å². The van der Waals surface area contributed by atoms with Crippen LogP contribution in [0.25, 0.3) is 0 Å². The quantitative estimate of drug-likeness (QED) is 0.670. The second-order valence-corrected chi connectivity index (χ2v) is 5.96. The van der Waals surface area contributed by atoms with Crippen LogP contribution >= 0.6 is 0 Å². The highest BCUT2D eigenvalue weighted by molar-refractivity contribution is 6.09. The van der Waals surface area contributed by atoms with E-state index in [0.29, 0.717) is 6.42 Å². The molecular weight excluding hydrogens is 244 g/mol. The minimum absolute atomic E-state index is 0.00320. The molecule has 1 aliphatic heterocycles. The monoisotopic (exact) mass is 262 g/mol. The molecule has 0 bridgehead atoms. The van der Waals surface area contributed by atoms with Gasteiger partial charge in [0, 0.05) is 17.4 Å². The Hall–Kier alpha value is -1.42. The average molecular weight is 262 g/mol. The number of rotatable bonds is 0. The number of ketones is 1. The van der Waals surface area contributed by atoms with Crippen LogP contribution in [0.1, 0.15) is 27.2 Å². The SMILES string of the molecule is CC1=CC(=O)C2=C(C)C[C@H](O)[C@@H]3[C@H](OC(=O)[C@H]3C)[C@H]12. The molecular formula is C15H18O4. The Morgan fingerprint density at radius 3 is 2.68 bits per heavy atom. The van der Waals surface area contributed by atoms with Gasteiger partial charge in [0.1, 0.15) is 6.10 Å². The molecule has 1 N–H and O–H groups in total. The highest BCUT2D eigenvalue weighted by Gasteiger charge is 2.53. The maximum absolute atomic E-state index is 12.1. The molecule has 4 heteroatoms. The summed E-state index contributed by atoms with van der Waals surface area (Å²) in [5.41, 5.74) is 2.59. The second-order valence-electron chi connectivity index (χ2n) is 5.96. The number of aliphatic hydroxyl groups excluding tert-OH is 1. The van der Waals surface area contributed by atoms with E-state index in [1.807, 2.05) is 13.8 Å². The van der Waals surface area contributed by atoms with Crippen molar-refractivity contribution in [3.8, 4) is 0 Å². The fourth-order valence-electron chi connectivity index (χ4n) is 3.82. The predicted molar refractivity (Wildman–Crippen MR) is 68.1 cm³/mol. The number of hydrogen-bond acceptors (Lipinski definition) is 4. The van der Waals surface area contributed by atoms with Crippen LogP contribution in [0.5, 0.6) is 0 Å². The van der Waals surface area contributed by atoms with Gasteiger partial charge in [-0.05, 0) is 26.3 Å². The lowest BCUT2D eigenvalue weighted by Crippen LogP contribution is -2.35. The molecule has 4 nitrogen and oxygen atoms in total. The van der Waals surface area contributed by atoms with E-state index in [1.165, 1.54) is 0 Å². The van der Waals surface area contributed by atoms with E-state index < -0.39 is 12.2 Å². The van der Waals surface area contributed by atoms with Crippen LogP contribution < -0.4 is 0 Å². The summed E-state index contributed by atoms with van der Waals surface area (Å²) in [6.07, 6.45) is 1.06. The van der Waals surface area contributed by atoms with Crippen molar-refractivity contribution >= 4 is 11.8 Å². The summed E-state index contributed by atoms with van der Waals surface area (Å²) < 4.78 is 5.48. The van der Waals surface area contributed by atoms with E-state index in [2.05, 4.69) is 0 Å². The zero-order valence-electron chi connectivity index (χ0n) is 11.3. The topological polar surface area (TPSA) is 63.6 Å². The van der Waals surface area contributed by atoms with Gasteiger partial charge in [-0.25, -0.2) is 0 Å². The van der Waals surface area contributed by atoms with E-state index >= 15 is 0 Å². The molecule has 19 heavy (non-hydrogen) atoms. The molecule has 3 rings (SSSR count). The van der Waals surface area contributed by atoms with Crippen LogP contribution in [0.3, 0.4) is 0 Å². The van der Waals surface area contributed by atoms with Gasteiger partial charge in [-0.2, -0.15) is 0 Å². The van der Waals surface area contributed by atoms with Gasteiger partial charge < -0.3 is 9.84 Å². The summed E-state index contributed by atoms with van der Waals surface area (Å²) in [6, 6.07) is 0. The summed E-state index contributed by atoms with van der Waals surface area (Å²) in [4.78, 5) is 23.9. The van der Waals surface area contributed by atoms with Crippen LogP contribution in [-0.2, 0) is 14.3 Å². The first-order chi connectivity index (χ1) is 8.91. The van der Waals surface area contributed by atoms with E-state index in [9.17, 15) is 14.7 Å². The Morgan fingerprint density at radius 2 is 2.00 bits per heavy atom. The number of carbonyl (C=O) groups is 2. The number of carbonyl (C=O) groups excluding carboxylic acids is 2. The van der Waals surface area contributed by atoms with Crippen molar-refractivity contribution in [2.45, 2.75) is 39.4 Å². The third-order valence-electron chi connectivity index (χ3n) is 4.75. The third-order valence-corrected chi connectivity index (χ3v) is 4.75. The molecule has 0 aromatic rings. The fraction of sp³-hybridized carbons (Fsp3) is 0.600. The summed E-state index contributed by atoms with van der Waals surface area (Å²) in [5, 5.41) is 10.3. The average Bonchev–Trinajstić information content (AvgIpc) is 2.72. The molecule has 0 spiro atoms. The Balaban J connectivity index is 2.11. The molecule has 0 unspecified atom stereocenters. The summed E-state index contributed by atoms with van der Waals surface area (Å²) in [6.45, 7) is 5.59. The van der Waals surface area contributed by atoms with E-state index in [-0.39, 0.29) is 29.5 Å². The molecule has 2 aliphatic carbocycles. The van der Waals surface area contributed by atoms with Gasteiger partial charge >= 0.3 is 5.97 Å². The normalized spacial score (nSPS) is 41.7. The van der Waals surface area contributed by atoms with E-state index in [1.54, 1.807) is 13.0 Å². The van der Waals surface area contributed by atoms with Gasteiger partial charge in [0.15, 0.2) is 5.78 Å². The summed E-state index contributed by atoms with van der Waals surface area (Å²) in [7, 11) is 0. The number of fused-ring (bicyclic) bond motifs is 3. The van der Waals surface area contributed by atoms with Crippen molar-refractivity contribution in [3.63, 3.8) is 0 Å². The maximum atomic E-state index is 12.1. The molecule has 0 aromatic carbocycles. The molecule has 0 radical (unpaired) electrons. The van der Waals surface area contributed by atoms with Crippen LogP contribution in [0.2, 0.25) is 0 Å². The maximum Gasteiger partial charge on any atom is 0.309 e. The lowest BCUT2D eigenvalue weighted by molar-refractivity contribution is -0.144. The van der Waals surface area contributed by atoms with Crippen molar-refractivity contribution in [2.24, 2.45) is 17.8 Å². The number of esters is 1. The molecule has 5 atom stereocenters. The van der Waals surface area contributed by atoms with Gasteiger partial charge in [0.05, 0.1) is 12.0 Å². The largest absolute Gasteiger partial charge is 0.461 e. The van der Waals surface area contributed by atoms with Crippen LogP contribution in [0.4, 0.5) is 0 Å². The molecule has 1 heterocycles. The molecule has 0 saturated carbocycles. The first-order valence-electron chi connectivity index (χ1n) is 6.72. The predicted octanol–water partition coefficient (Wildman–Crippen LogP) is 1.39. The smallest absolute Gasteiger partial charge is 0.309 e. The number of ether oxygens (including phenoxy) is 1. The van der Waals surface area contributed by atoms with Crippen molar-refractivity contribution in [1.29, 1.82) is 0 Å². The molecule has 102 valence electrons. The zero-order valence-corrected chi connectivity index (χ0v) is 11.3. The lowest BCUT2D eigenvalue weighted by atomic mass is 9.80. The van der Waals surface area contributed by atoms with Gasteiger partial charge in [0.2, 0.25) is 0 Å². The third kappa shape index (κ3) is 1.62. The van der Waals surface area contributed by atoms with Crippen molar-refractivity contribution in [2.75, 3.05) is 0 Å². The fourth-order valence-corrected chi connectivity index (χ4v) is 3.82. The number of hydrogen-bond donors (Lipinski definition) is 1. The van der Waals surface area contributed by atoms with Gasteiger partial charge in [-0.3, -0.25) is 9.59 Å². The molecule has 1 saturated heterocycles. The minimum Gasteiger partial charge on any atom is -0.461 e.